The number of fused-ring (bicyclic) bond motifs is 1. The van der Waals surface area contributed by atoms with E-state index in [0.717, 1.165) is 48.8 Å². The van der Waals surface area contributed by atoms with E-state index < -0.39 is 11.6 Å². The highest BCUT2D eigenvalue weighted by atomic mass is 19.1. The highest BCUT2D eigenvalue weighted by Gasteiger charge is 2.26. The van der Waals surface area contributed by atoms with Gasteiger partial charge < -0.3 is 9.88 Å². The number of aryl methyl sites for hydroxylation is 2. The number of carbonyl (C=O) groups excluding carboxylic acids is 1. The smallest absolute Gasteiger partial charge is 0.222 e. The van der Waals surface area contributed by atoms with Gasteiger partial charge in [0, 0.05) is 49.1 Å². The minimum absolute atomic E-state index is 0.0387. The zero-order chi connectivity index (χ0) is 20.4. The number of benzene rings is 1. The summed E-state index contributed by atoms with van der Waals surface area (Å²) < 4.78 is 30.8. The minimum atomic E-state index is -0.643. The van der Waals surface area contributed by atoms with E-state index in [0.29, 0.717) is 18.7 Å². The highest BCUT2D eigenvalue weighted by Crippen LogP contribution is 2.31. The number of nitrogens with one attached hydrogen (secondary N) is 1. The highest BCUT2D eigenvalue weighted by molar-refractivity contribution is 5.76. The summed E-state index contributed by atoms with van der Waals surface area (Å²) >= 11 is 0. The largest absolute Gasteiger partial charge is 0.349 e. The zero-order valence-corrected chi connectivity index (χ0v) is 16.2. The van der Waals surface area contributed by atoms with Crippen LogP contribution in [0.3, 0.4) is 0 Å². The van der Waals surface area contributed by atoms with Crippen LogP contribution in [0.25, 0.3) is 5.69 Å². The molecule has 1 unspecified atom stereocenters. The molecular weight excluding hydrogens is 376 g/mol. The van der Waals surface area contributed by atoms with Crippen molar-refractivity contribution < 1.29 is 13.6 Å². The first-order valence-corrected chi connectivity index (χ1v) is 9.87. The molecular formula is C21H23F2N5O. The molecule has 1 aromatic carbocycles. The molecule has 0 saturated heterocycles. The van der Waals surface area contributed by atoms with Crippen LogP contribution in [0.2, 0.25) is 0 Å². The molecule has 1 amide bonds. The van der Waals surface area contributed by atoms with Crippen LogP contribution in [-0.4, -0.2) is 25.2 Å². The molecule has 0 radical (unpaired) electrons. The lowest BCUT2D eigenvalue weighted by atomic mass is 9.92. The predicted octanol–water partition coefficient (Wildman–Crippen LogP) is 3.49. The van der Waals surface area contributed by atoms with Crippen molar-refractivity contribution in [2.75, 3.05) is 0 Å². The van der Waals surface area contributed by atoms with Gasteiger partial charge in [-0.15, -0.1) is 0 Å². The fraction of sp³-hybridized carbons (Fsp3) is 0.381. The van der Waals surface area contributed by atoms with E-state index in [1.54, 1.807) is 17.1 Å². The molecule has 4 rings (SSSR count). The van der Waals surface area contributed by atoms with Crippen LogP contribution in [0.4, 0.5) is 8.78 Å². The van der Waals surface area contributed by atoms with E-state index in [4.69, 9.17) is 0 Å². The van der Waals surface area contributed by atoms with E-state index in [1.807, 2.05) is 17.7 Å². The van der Waals surface area contributed by atoms with Crippen LogP contribution in [0.1, 0.15) is 49.3 Å². The van der Waals surface area contributed by atoms with Crippen molar-refractivity contribution in [3.8, 4) is 5.69 Å². The number of hydrogen-bond donors (Lipinski definition) is 1. The Kier molecular flexibility index (Phi) is 5.42. The Hall–Kier alpha value is -3.03. The third-order valence-corrected chi connectivity index (χ3v) is 5.31. The van der Waals surface area contributed by atoms with E-state index in [-0.39, 0.29) is 11.9 Å². The van der Waals surface area contributed by atoms with Gasteiger partial charge in [0.05, 0.1) is 17.9 Å². The second-order valence-corrected chi connectivity index (χ2v) is 7.24. The Morgan fingerprint density at radius 3 is 2.83 bits per heavy atom. The molecule has 6 nitrogen and oxygen atoms in total. The molecule has 3 aromatic rings. The topological polar surface area (TPSA) is 64.7 Å². The summed E-state index contributed by atoms with van der Waals surface area (Å²) in [5, 5.41) is 7.43. The van der Waals surface area contributed by atoms with Crippen molar-refractivity contribution in [2.24, 2.45) is 0 Å². The standard InChI is InChI=1S/C21H23F2N5O/c1-2-20-24-7-9-27(20)8-6-21(29)26-18-4-3-5-19-17(18)13-25-28(19)16-11-14(22)10-15(23)12-16/h7,9-13,18H,2-6,8H2,1H3,(H,26,29). The van der Waals surface area contributed by atoms with Crippen molar-refractivity contribution in [2.45, 2.75) is 51.6 Å². The van der Waals surface area contributed by atoms with Crippen LogP contribution in [0, 0.1) is 11.6 Å². The van der Waals surface area contributed by atoms with Gasteiger partial charge in [-0.3, -0.25) is 4.79 Å². The first-order chi connectivity index (χ1) is 14.0. The molecule has 0 spiro atoms. The normalized spacial score (nSPS) is 15.9. The van der Waals surface area contributed by atoms with Crippen molar-refractivity contribution in [3.63, 3.8) is 0 Å². The molecule has 1 aliphatic carbocycles. The minimum Gasteiger partial charge on any atom is -0.349 e. The maximum Gasteiger partial charge on any atom is 0.222 e. The number of carbonyl (C=O) groups is 1. The number of rotatable bonds is 6. The fourth-order valence-electron chi connectivity index (χ4n) is 3.94. The predicted molar refractivity (Wildman–Crippen MR) is 104 cm³/mol. The summed E-state index contributed by atoms with van der Waals surface area (Å²) in [6, 6.07) is 3.21. The van der Waals surface area contributed by atoms with E-state index >= 15 is 0 Å². The summed E-state index contributed by atoms with van der Waals surface area (Å²) in [6.07, 6.45) is 8.91. The molecule has 1 N–H and O–H groups in total. The van der Waals surface area contributed by atoms with E-state index in [9.17, 15) is 13.6 Å². The molecule has 0 aliphatic heterocycles. The van der Waals surface area contributed by atoms with Gasteiger partial charge in [0.2, 0.25) is 5.91 Å². The lowest BCUT2D eigenvalue weighted by molar-refractivity contribution is -0.122. The first-order valence-electron chi connectivity index (χ1n) is 9.87. The van der Waals surface area contributed by atoms with Crippen LogP contribution in [-0.2, 0) is 24.2 Å². The molecule has 1 aliphatic rings. The first kappa shape index (κ1) is 19.3. The summed E-state index contributed by atoms with van der Waals surface area (Å²) in [5.41, 5.74) is 2.14. The summed E-state index contributed by atoms with van der Waals surface area (Å²) in [6.45, 7) is 2.61. The quantitative estimate of drug-likeness (QED) is 0.690. The van der Waals surface area contributed by atoms with E-state index in [1.165, 1.54) is 12.1 Å². The Labute approximate surface area is 167 Å². The monoisotopic (exact) mass is 399 g/mol. The van der Waals surface area contributed by atoms with Crippen LogP contribution < -0.4 is 5.32 Å². The Bertz CT molecular complexity index is 1010. The molecule has 0 saturated carbocycles. The summed E-state index contributed by atoms with van der Waals surface area (Å²) in [4.78, 5) is 16.8. The second kappa shape index (κ2) is 8.14. The van der Waals surface area contributed by atoms with Gasteiger partial charge in [-0.2, -0.15) is 5.10 Å². The lowest BCUT2D eigenvalue weighted by Gasteiger charge is -2.24. The number of imidazole rings is 1. The third-order valence-electron chi connectivity index (χ3n) is 5.31. The van der Waals surface area contributed by atoms with Gasteiger partial charge in [0.25, 0.3) is 0 Å². The Morgan fingerprint density at radius 1 is 1.28 bits per heavy atom. The SMILES string of the molecule is CCc1nccn1CCC(=O)NC1CCCc2c1cnn2-c1cc(F)cc(F)c1. The number of halogens is 2. The molecule has 152 valence electrons. The van der Waals surface area contributed by atoms with Gasteiger partial charge in [0.15, 0.2) is 0 Å². The molecule has 2 aromatic heterocycles. The van der Waals surface area contributed by atoms with Gasteiger partial charge in [-0.25, -0.2) is 18.4 Å². The van der Waals surface area contributed by atoms with Crippen LogP contribution >= 0.6 is 0 Å². The summed E-state index contributed by atoms with van der Waals surface area (Å²) in [5.74, 6) is -0.365. The number of hydrogen-bond acceptors (Lipinski definition) is 3. The van der Waals surface area contributed by atoms with Crippen molar-refractivity contribution in [1.29, 1.82) is 0 Å². The van der Waals surface area contributed by atoms with Gasteiger partial charge in [-0.1, -0.05) is 6.92 Å². The van der Waals surface area contributed by atoms with E-state index in [2.05, 4.69) is 15.4 Å². The maximum atomic E-state index is 13.6. The fourth-order valence-corrected chi connectivity index (χ4v) is 3.94. The maximum absolute atomic E-state index is 13.6. The molecule has 8 heteroatoms. The molecule has 0 bridgehead atoms. The number of aromatic nitrogens is 4. The second-order valence-electron chi connectivity index (χ2n) is 7.24. The van der Waals surface area contributed by atoms with Gasteiger partial charge in [0.1, 0.15) is 17.5 Å². The van der Waals surface area contributed by atoms with Crippen LogP contribution in [0.5, 0.6) is 0 Å². The third kappa shape index (κ3) is 4.06. The average Bonchev–Trinajstić information content (AvgIpc) is 3.32. The van der Waals surface area contributed by atoms with Crippen LogP contribution in [0.15, 0.2) is 36.8 Å². The molecule has 2 heterocycles. The van der Waals surface area contributed by atoms with Crippen molar-refractivity contribution in [3.05, 3.63) is 65.5 Å². The van der Waals surface area contributed by atoms with Crippen molar-refractivity contribution >= 4 is 5.91 Å². The zero-order valence-electron chi connectivity index (χ0n) is 16.2. The molecule has 1 atom stereocenters. The summed E-state index contributed by atoms with van der Waals surface area (Å²) in [7, 11) is 0. The lowest BCUT2D eigenvalue weighted by Crippen LogP contribution is -2.31. The number of amides is 1. The Morgan fingerprint density at radius 2 is 2.07 bits per heavy atom. The molecule has 29 heavy (non-hydrogen) atoms. The van der Waals surface area contributed by atoms with Crippen molar-refractivity contribution in [1.82, 2.24) is 24.6 Å². The molecule has 0 fully saturated rings. The number of nitrogens with zero attached hydrogens (tertiary/aromatic N) is 4. The van der Waals surface area contributed by atoms with Gasteiger partial charge >= 0.3 is 0 Å². The Balaban J connectivity index is 1.47. The van der Waals surface area contributed by atoms with Gasteiger partial charge in [-0.05, 0) is 31.4 Å². The average molecular weight is 399 g/mol.